The molecule has 23 heavy (non-hydrogen) atoms. The average molecular weight is 334 g/mol. The summed E-state index contributed by atoms with van der Waals surface area (Å²) >= 11 is 5.97. The Morgan fingerprint density at radius 3 is 2.83 bits per heavy atom. The van der Waals surface area contributed by atoms with Gasteiger partial charge in [0.2, 0.25) is 5.28 Å². The van der Waals surface area contributed by atoms with Crippen molar-refractivity contribution >= 4 is 28.4 Å². The van der Waals surface area contributed by atoms with Crippen molar-refractivity contribution in [3.8, 4) is 0 Å². The second-order valence-corrected chi connectivity index (χ2v) is 6.18. The largest absolute Gasteiger partial charge is 0.494 e. The molecule has 1 fully saturated rings. The van der Waals surface area contributed by atoms with Crippen molar-refractivity contribution in [1.29, 1.82) is 0 Å². The van der Waals surface area contributed by atoms with Crippen LogP contribution >= 0.6 is 11.6 Å². The van der Waals surface area contributed by atoms with Crippen LogP contribution in [-0.2, 0) is 4.74 Å². The molecule has 0 aromatic carbocycles. The van der Waals surface area contributed by atoms with Gasteiger partial charge in [-0.15, -0.1) is 0 Å². The predicted octanol–water partition coefficient (Wildman–Crippen LogP) is 3.88. The van der Waals surface area contributed by atoms with Gasteiger partial charge in [0.25, 0.3) is 5.56 Å². The molecular weight excluding hydrogens is 314 g/mol. The van der Waals surface area contributed by atoms with Crippen LogP contribution in [0.2, 0.25) is 5.28 Å². The Balaban J connectivity index is 2.35. The number of halogens is 1. The first-order chi connectivity index (χ1) is 11.0. The van der Waals surface area contributed by atoms with E-state index in [0.717, 1.165) is 36.6 Å². The lowest BCUT2D eigenvalue weighted by molar-refractivity contribution is 0.298. The van der Waals surface area contributed by atoms with Crippen LogP contribution in [0, 0.1) is 6.92 Å². The van der Waals surface area contributed by atoms with Crippen LogP contribution in [0.5, 0.6) is 0 Å². The summed E-state index contributed by atoms with van der Waals surface area (Å²) in [6.45, 7) is 8.14. The van der Waals surface area contributed by atoms with Gasteiger partial charge in [-0.3, -0.25) is 9.36 Å². The molecule has 122 valence electrons. The topological polar surface area (TPSA) is 57.0 Å². The number of aromatic nitrogens is 3. The number of rotatable bonds is 4. The van der Waals surface area contributed by atoms with Crippen LogP contribution in [-0.4, -0.2) is 21.1 Å². The van der Waals surface area contributed by atoms with E-state index in [1.807, 2.05) is 13.8 Å². The lowest BCUT2D eigenvalue weighted by Crippen LogP contribution is -2.29. The van der Waals surface area contributed by atoms with E-state index in [4.69, 9.17) is 16.3 Å². The highest BCUT2D eigenvalue weighted by molar-refractivity contribution is 6.28. The van der Waals surface area contributed by atoms with Gasteiger partial charge in [0, 0.05) is 17.6 Å². The van der Waals surface area contributed by atoms with E-state index in [1.165, 1.54) is 0 Å². The maximum absolute atomic E-state index is 13.1. The van der Waals surface area contributed by atoms with E-state index in [9.17, 15) is 4.79 Å². The van der Waals surface area contributed by atoms with E-state index >= 15 is 0 Å². The van der Waals surface area contributed by atoms with Gasteiger partial charge in [0.05, 0.1) is 12.2 Å². The highest BCUT2D eigenvalue weighted by Gasteiger charge is 2.25. The van der Waals surface area contributed by atoms with Gasteiger partial charge in [-0.25, -0.2) is 4.98 Å². The Labute approximate surface area is 140 Å². The van der Waals surface area contributed by atoms with E-state index < -0.39 is 0 Å². The number of nitrogens with zero attached hydrogens (tertiary/aromatic N) is 3. The summed E-state index contributed by atoms with van der Waals surface area (Å²) in [6, 6.07) is 0.143. The maximum atomic E-state index is 13.1. The van der Waals surface area contributed by atoms with Gasteiger partial charge in [0.15, 0.2) is 0 Å². The lowest BCUT2D eigenvalue weighted by atomic mass is 10.0. The molecule has 0 saturated heterocycles. The Morgan fingerprint density at radius 1 is 1.48 bits per heavy atom. The minimum Gasteiger partial charge on any atom is -0.494 e. The third-order valence-electron chi connectivity index (χ3n) is 4.47. The molecule has 6 heteroatoms. The van der Waals surface area contributed by atoms with Crippen LogP contribution in [0.1, 0.15) is 49.8 Å². The molecule has 0 radical (unpaired) electrons. The van der Waals surface area contributed by atoms with Gasteiger partial charge < -0.3 is 4.74 Å². The normalized spacial score (nSPS) is 15.3. The lowest BCUT2D eigenvalue weighted by Gasteiger charge is -2.20. The SMILES string of the molecule is C=C(OCC)c1c(C)c2cnc(Cl)nc2n(C2CCCC2)c1=O. The summed E-state index contributed by atoms with van der Waals surface area (Å²) < 4.78 is 7.27. The number of aryl methyl sites for hydroxylation is 1. The molecule has 2 aromatic rings. The smallest absolute Gasteiger partial charge is 0.263 e. The number of hydrogen-bond donors (Lipinski definition) is 0. The third kappa shape index (κ3) is 2.74. The van der Waals surface area contributed by atoms with Crippen LogP contribution in [0.25, 0.3) is 16.8 Å². The summed E-state index contributed by atoms with van der Waals surface area (Å²) in [6.07, 6.45) is 5.86. The van der Waals surface area contributed by atoms with Crippen molar-refractivity contribution in [3.63, 3.8) is 0 Å². The fourth-order valence-corrected chi connectivity index (χ4v) is 3.52. The molecule has 3 rings (SSSR count). The predicted molar refractivity (Wildman–Crippen MR) is 91.7 cm³/mol. The quantitative estimate of drug-likeness (QED) is 0.629. The van der Waals surface area contributed by atoms with E-state index in [2.05, 4.69) is 16.5 Å². The molecule has 0 spiro atoms. The van der Waals surface area contributed by atoms with Gasteiger partial charge in [-0.05, 0) is 43.9 Å². The summed E-state index contributed by atoms with van der Waals surface area (Å²) in [5, 5.41) is 0.969. The van der Waals surface area contributed by atoms with Crippen molar-refractivity contribution in [2.75, 3.05) is 6.61 Å². The van der Waals surface area contributed by atoms with E-state index in [0.29, 0.717) is 23.6 Å². The van der Waals surface area contributed by atoms with Crippen LogP contribution in [0.4, 0.5) is 0 Å². The van der Waals surface area contributed by atoms with Crippen molar-refractivity contribution in [2.45, 2.75) is 45.6 Å². The monoisotopic (exact) mass is 333 g/mol. The molecule has 0 bridgehead atoms. The second kappa shape index (κ2) is 6.32. The molecule has 0 unspecified atom stereocenters. The van der Waals surface area contributed by atoms with Crippen molar-refractivity contribution < 1.29 is 4.74 Å². The van der Waals surface area contributed by atoms with Crippen molar-refractivity contribution in [3.05, 3.63) is 39.5 Å². The van der Waals surface area contributed by atoms with Gasteiger partial charge >= 0.3 is 0 Å². The summed E-state index contributed by atoms with van der Waals surface area (Å²) in [5.41, 5.74) is 1.80. The Hall–Kier alpha value is -1.88. The first-order valence-corrected chi connectivity index (χ1v) is 8.31. The standard InChI is InChI=1S/C17H20ClN3O2/c1-4-23-11(3)14-10(2)13-9-19-17(18)20-15(13)21(16(14)22)12-7-5-6-8-12/h9,12H,3-8H2,1-2H3. The molecule has 1 aliphatic carbocycles. The number of hydrogen-bond acceptors (Lipinski definition) is 4. The molecule has 2 aromatic heterocycles. The molecule has 0 aliphatic heterocycles. The fourth-order valence-electron chi connectivity index (χ4n) is 3.39. The average Bonchev–Trinajstić information content (AvgIpc) is 3.01. The summed E-state index contributed by atoms with van der Waals surface area (Å²) in [4.78, 5) is 21.6. The minimum atomic E-state index is -0.102. The van der Waals surface area contributed by atoms with E-state index in [-0.39, 0.29) is 16.9 Å². The molecule has 1 saturated carbocycles. The zero-order valence-electron chi connectivity index (χ0n) is 13.4. The van der Waals surface area contributed by atoms with Gasteiger partial charge in [0.1, 0.15) is 11.4 Å². The number of fused-ring (bicyclic) bond motifs is 1. The second-order valence-electron chi connectivity index (χ2n) is 5.85. The van der Waals surface area contributed by atoms with Crippen molar-refractivity contribution in [2.24, 2.45) is 0 Å². The Bertz CT molecular complexity index is 823. The van der Waals surface area contributed by atoms with Gasteiger partial charge in [-0.2, -0.15) is 4.98 Å². The minimum absolute atomic E-state index is 0.102. The molecule has 1 aliphatic rings. The highest BCUT2D eigenvalue weighted by Crippen LogP contribution is 2.32. The van der Waals surface area contributed by atoms with Crippen LogP contribution in [0.15, 0.2) is 17.6 Å². The molecule has 5 nitrogen and oxygen atoms in total. The van der Waals surface area contributed by atoms with Gasteiger partial charge in [-0.1, -0.05) is 19.4 Å². The fraction of sp³-hybridized carbons (Fsp3) is 0.471. The zero-order valence-corrected chi connectivity index (χ0v) is 14.2. The maximum Gasteiger partial charge on any atom is 0.263 e. The third-order valence-corrected chi connectivity index (χ3v) is 4.65. The zero-order chi connectivity index (χ0) is 16.6. The first kappa shape index (κ1) is 16.0. The molecule has 2 heterocycles. The number of pyridine rings is 1. The molecule has 0 N–H and O–H groups in total. The summed E-state index contributed by atoms with van der Waals surface area (Å²) in [7, 11) is 0. The summed E-state index contributed by atoms with van der Waals surface area (Å²) in [5.74, 6) is 0.401. The number of ether oxygens (including phenoxy) is 1. The van der Waals surface area contributed by atoms with Crippen LogP contribution in [0.3, 0.4) is 0 Å². The highest BCUT2D eigenvalue weighted by atomic mass is 35.5. The van der Waals surface area contributed by atoms with Crippen molar-refractivity contribution in [1.82, 2.24) is 14.5 Å². The van der Waals surface area contributed by atoms with Crippen LogP contribution < -0.4 is 5.56 Å². The first-order valence-electron chi connectivity index (χ1n) is 7.94. The molecular formula is C17H20ClN3O2. The van der Waals surface area contributed by atoms with E-state index in [1.54, 1.807) is 10.8 Å². The molecule has 0 atom stereocenters. The molecule has 0 amide bonds. The Kier molecular flexibility index (Phi) is 4.39. The Morgan fingerprint density at radius 2 is 2.17 bits per heavy atom.